The highest BCUT2D eigenvalue weighted by Crippen LogP contribution is 2.30. The summed E-state index contributed by atoms with van der Waals surface area (Å²) in [5, 5.41) is 12.2. The lowest BCUT2D eigenvalue weighted by Crippen LogP contribution is -2.31. The third-order valence-electron chi connectivity index (χ3n) is 4.24. The maximum Gasteiger partial charge on any atom is 0.335 e. The van der Waals surface area contributed by atoms with E-state index in [1.165, 1.54) is 7.11 Å². The molecule has 0 aliphatic carbocycles. The Labute approximate surface area is 146 Å². The van der Waals surface area contributed by atoms with E-state index < -0.39 is 5.97 Å². The maximum absolute atomic E-state index is 12.0. The first kappa shape index (κ1) is 17.0. The van der Waals surface area contributed by atoms with E-state index in [2.05, 4.69) is 11.4 Å². The molecule has 1 aliphatic heterocycles. The van der Waals surface area contributed by atoms with Crippen molar-refractivity contribution in [2.75, 3.05) is 30.5 Å². The predicted molar refractivity (Wildman–Crippen MR) is 95.1 cm³/mol. The van der Waals surface area contributed by atoms with E-state index >= 15 is 0 Å². The molecule has 0 spiro atoms. The Kier molecular flexibility index (Phi) is 5.00. The van der Waals surface area contributed by atoms with Crippen LogP contribution in [0.3, 0.4) is 0 Å². The van der Waals surface area contributed by atoms with Gasteiger partial charge in [0.1, 0.15) is 6.61 Å². The smallest absolute Gasteiger partial charge is 0.335 e. The number of ether oxygens (including phenoxy) is 1. The van der Waals surface area contributed by atoms with E-state index in [1.807, 2.05) is 12.1 Å². The second-order valence-corrected chi connectivity index (χ2v) is 5.93. The molecule has 0 saturated carbocycles. The van der Waals surface area contributed by atoms with E-state index in [1.54, 1.807) is 29.2 Å². The van der Waals surface area contributed by atoms with Gasteiger partial charge in [0.05, 0.1) is 5.56 Å². The lowest BCUT2D eigenvalue weighted by Gasteiger charge is -2.17. The molecule has 130 valence electrons. The van der Waals surface area contributed by atoms with Gasteiger partial charge in [-0.3, -0.25) is 4.79 Å². The van der Waals surface area contributed by atoms with Gasteiger partial charge in [-0.1, -0.05) is 12.1 Å². The molecule has 1 amide bonds. The molecule has 1 heterocycles. The molecule has 6 nitrogen and oxygen atoms in total. The molecule has 0 aromatic heterocycles. The topological polar surface area (TPSA) is 78.9 Å². The lowest BCUT2D eigenvalue weighted by molar-refractivity contribution is -0.122. The first-order valence-electron chi connectivity index (χ1n) is 8.07. The first-order valence-corrected chi connectivity index (χ1v) is 8.07. The number of carboxylic acid groups (broad SMARTS) is 1. The van der Waals surface area contributed by atoms with Crippen LogP contribution in [-0.2, 0) is 22.5 Å². The fraction of sp³-hybridized carbons (Fsp3) is 0.263. The van der Waals surface area contributed by atoms with Gasteiger partial charge in [0.25, 0.3) is 5.91 Å². The molecule has 0 radical (unpaired) electrons. The molecule has 0 atom stereocenters. The molecule has 0 unspecified atom stereocenters. The zero-order chi connectivity index (χ0) is 17.8. The van der Waals surface area contributed by atoms with Gasteiger partial charge < -0.3 is 20.1 Å². The zero-order valence-electron chi connectivity index (χ0n) is 14.0. The van der Waals surface area contributed by atoms with Crippen molar-refractivity contribution in [2.24, 2.45) is 0 Å². The van der Waals surface area contributed by atoms with Crippen molar-refractivity contribution < 1.29 is 19.4 Å². The van der Waals surface area contributed by atoms with Crippen molar-refractivity contribution >= 4 is 23.3 Å². The monoisotopic (exact) mass is 340 g/mol. The van der Waals surface area contributed by atoms with Crippen LogP contribution >= 0.6 is 0 Å². The Hall–Kier alpha value is -2.86. The van der Waals surface area contributed by atoms with E-state index in [-0.39, 0.29) is 18.1 Å². The minimum atomic E-state index is -0.925. The van der Waals surface area contributed by atoms with Crippen molar-refractivity contribution in [3.05, 3.63) is 59.2 Å². The van der Waals surface area contributed by atoms with Crippen LogP contribution < -0.4 is 10.2 Å². The number of amides is 1. The van der Waals surface area contributed by atoms with Crippen LogP contribution in [0.4, 0.5) is 11.4 Å². The quantitative estimate of drug-likeness (QED) is 0.845. The molecule has 2 N–H and O–H groups in total. The molecule has 2 aromatic rings. The number of methoxy groups -OCH3 is 1. The van der Waals surface area contributed by atoms with E-state index in [4.69, 9.17) is 9.84 Å². The summed E-state index contributed by atoms with van der Waals surface area (Å²) in [6.45, 7) is 1.37. The van der Waals surface area contributed by atoms with Crippen LogP contribution in [0, 0.1) is 0 Å². The lowest BCUT2D eigenvalue weighted by atomic mass is 10.1. The number of nitrogens with zero attached hydrogens (tertiary/aromatic N) is 1. The molecule has 2 aromatic carbocycles. The molecule has 0 fully saturated rings. The maximum atomic E-state index is 12.0. The highest BCUT2D eigenvalue weighted by atomic mass is 16.5. The average molecular weight is 340 g/mol. The number of aromatic carboxylic acids is 1. The standard InChI is InChI=1S/C19H20N2O4/c1-25-12-18(22)21-9-8-15-10-16(6-7-17(15)21)20-11-13-2-4-14(5-3-13)19(23)24/h2-7,10,20H,8-9,11-12H2,1H3,(H,23,24). The Morgan fingerprint density at radius 1 is 1.20 bits per heavy atom. The second-order valence-electron chi connectivity index (χ2n) is 5.93. The molecule has 0 bridgehead atoms. The number of nitrogens with one attached hydrogen (secondary N) is 1. The van der Waals surface area contributed by atoms with Gasteiger partial charge in [0.2, 0.25) is 0 Å². The molecule has 6 heteroatoms. The van der Waals surface area contributed by atoms with Gasteiger partial charge in [-0.25, -0.2) is 4.79 Å². The molecule has 1 aliphatic rings. The molecular weight excluding hydrogens is 320 g/mol. The van der Waals surface area contributed by atoms with Crippen molar-refractivity contribution in [1.29, 1.82) is 0 Å². The Morgan fingerprint density at radius 3 is 2.64 bits per heavy atom. The minimum absolute atomic E-state index is 0.0273. The van der Waals surface area contributed by atoms with E-state index in [9.17, 15) is 9.59 Å². The highest BCUT2D eigenvalue weighted by molar-refractivity contribution is 5.96. The summed E-state index contributed by atoms with van der Waals surface area (Å²) in [5.41, 5.74) is 4.33. The second kappa shape index (κ2) is 7.36. The summed E-state index contributed by atoms with van der Waals surface area (Å²) in [6.07, 6.45) is 0.827. The number of carbonyl (C=O) groups excluding carboxylic acids is 1. The fourth-order valence-electron chi connectivity index (χ4n) is 2.94. The number of benzene rings is 2. The van der Waals surface area contributed by atoms with Gasteiger partial charge in [-0.05, 0) is 47.9 Å². The fourth-order valence-corrected chi connectivity index (χ4v) is 2.94. The zero-order valence-corrected chi connectivity index (χ0v) is 14.0. The largest absolute Gasteiger partial charge is 0.478 e. The summed E-state index contributed by atoms with van der Waals surface area (Å²) < 4.78 is 4.93. The van der Waals surface area contributed by atoms with Crippen LogP contribution in [0.2, 0.25) is 0 Å². The third-order valence-corrected chi connectivity index (χ3v) is 4.24. The predicted octanol–water partition coefficient (Wildman–Crippen LogP) is 2.53. The summed E-state index contributed by atoms with van der Waals surface area (Å²) in [7, 11) is 1.52. The Balaban J connectivity index is 1.65. The van der Waals surface area contributed by atoms with Crippen LogP contribution in [-0.4, -0.2) is 37.2 Å². The van der Waals surface area contributed by atoms with Gasteiger partial charge in [-0.15, -0.1) is 0 Å². The summed E-state index contributed by atoms with van der Waals surface area (Å²) >= 11 is 0. The Morgan fingerprint density at radius 2 is 1.96 bits per heavy atom. The van der Waals surface area contributed by atoms with Crippen LogP contribution in [0.15, 0.2) is 42.5 Å². The van der Waals surface area contributed by atoms with Gasteiger partial charge in [0.15, 0.2) is 0 Å². The summed E-state index contributed by atoms with van der Waals surface area (Å²) in [5.74, 6) is -0.953. The normalized spacial score (nSPS) is 12.8. The molecule has 25 heavy (non-hydrogen) atoms. The molecular formula is C19H20N2O4. The molecule has 3 rings (SSSR count). The number of hydrogen-bond donors (Lipinski definition) is 2. The van der Waals surface area contributed by atoms with Crippen molar-refractivity contribution in [2.45, 2.75) is 13.0 Å². The number of hydrogen-bond acceptors (Lipinski definition) is 4. The van der Waals surface area contributed by atoms with Crippen LogP contribution in [0.5, 0.6) is 0 Å². The SMILES string of the molecule is COCC(=O)N1CCc2cc(NCc3ccc(C(=O)O)cc3)ccc21. The Bertz CT molecular complexity index is 787. The van der Waals surface area contributed by atoms with E-state index in [0.717, 1.165) is 28.9 Å². The number of carbonyl (C=O) groups is 2. The number of carboxylic acids is 1. The highest BCUT2D eigenvalue weighted by Gasteiger charge is 2.24. The summed E-state index contributed by atoms with van der Waals surface area (Å²) in [4.78, 5) is 24.6. The van der Waals surface area contributed by atoms with Gasteiger partial charge >= 0.3 is 5.97 Å². The van der Waals surface area contributed by atoms with Crippen molar-refractivity contribution in [3.63, 3.8) is 0 Å². The first-order chi connectivity index (χ1) is 12.1. The molecule has 0 saturated heterocycles. The van der Waals surface area contributed by atoms with Gasteiger partial charge in [0, 0.05) is 31.6 Å². The number of rotatable bonds is 6. The summed E-state index contributed by atoms with van der Waals surface area (Å²) in [6, 6.07) is 12.8. The number of anilines is 2. The third kappa shape index (κ3) is 3.80. The van der Waals surface area contributed by atoms with Crippen molar-refractivity contribution in [3.8, 4) is 0 Å². The number of fused-ring (bicyclic) bond motifs is 1. The van der Waals surface area contributed by atoms with Crippen molar-refractivity contribution in [1.82, 2.24) is 0 Å². The van der Waals surface area contributed by atoms with Crippen LogP contribution in [0.1, 0.15) is 21.5 Å². The van der Waals surface area contributed by atoms with E-state index in [0.29, 0.717) is 13.1 Å². The van der Waals surface area contributed by atoms with Crippen LogP contribution in [0.25, 0.3) is 0 Å². The van der Waals surface area contributed by atoms with Gasteiger partial charge in [-0.2, -0.15) is 0 Å². The average Bonchev–Trinajstić information content (AvgIpc) is 3.04. The minimum Gasteiger partial charge on any atom is -0.478 e.